The number of aryl methyl sites for hydroxylation is 1. The largest absolute Gasteiger partial charge is 0.493 e. The molecule has 0 radical (unpaired) electrons. The second-order valence-corrected chi connectivity index (χ2v) is 9.23. The van der Waals surface area contributed by atoms with Gasteiger partial charge in [0.15, 0.2) is 5.54 Å². The number of benzene rings is 2. The van der Waals surface area contributed by atoms with Crippen LogP contribution in [0.15, 0.2) is 66.0 Å². The van der Waals surface area contributed by atoms with Crippen LogP contribution in [0.1, 0.15) is 34.0 Å². The number of rotatable bonds is 5. The summed E-state index contributed by atoms with van der Waals surface area (Å²) < 4.78 is 5.66. The van der Waals surface area contributed by atoms with Crippen LogP contribution in [-0.4, -0.2) is 35.9 Å². The normalized spacial score (nSPS) is 20.2. The maximum Gasteiger partial charge on any atom is 0.325 e. The van der Waals surface area contributed by atoms with E-state index in [1.807, 2.05) is 54.8 Å². The van der Waals surface area contributed by atoms with Gasteiger partial charge in [-0.25, -0.2) is 4.79 Å². The van der Waals surface area contributed by atoms with E-state index in [-0.39, 0.29) is 12.6 Å². The molecule has 1 fully saturated rings. The molecule has 0 aliphatic carbocycles. The van der Waals surface area contributed by atoms with Gasteiger partial charge in [0.1, 0.15) is 12.3 Å². The molecule has 5 rings (SSSR count). The number of hydrogen-bond donors (Lipinski definition) is 2. The fraction of sp³-hybridized carbons (Fsp3) is 0.240. The third kappa shape index (κ3) is 3.76. The number of hydrogen-bond acceptors (Lipinski definition) is 5. The van der Waals surface area contributed by atoms with Crippen molar-refractivity contribution in [2.45, 2.75) is 24.9 Å². The third-order valence-electron chi connectivity index (χ3n) is 6.10. The van der Waals surface area contributed by atoms with Crippen LogP contribution in [0.25, 0.3) is 0 Å². The number of para-hydroxylation sites is 1. The molecule has 3 aromatic rings. The van der Waals surface area contributed by atoms with Crippen LogP contribution in [-0.2, 0) is 15.1 Å². The topological polar surface area (TPSA) is 87.7 Å². The van der Waals surface area contributed by atoms with Gasteiger partial charge in [0.2, 0.25) is 5.91 Å². The van der Waals surface area contributed by atoms with Crippen molar-refractivity contribution in [3.63, 3.8) is 0 Å². The van der Waals surface area contributed by atoms with Gasteiger partial charge in [0.25, 0.3) is 5.91 Å². The maximum absolute atomic E-state index is 13.4. The lowest BCUT2D eigenvalue weighted by molar-refractivity contribution is -0.136. The first kappa shape index (κ1) is 21.2. The van der Waals surface area contributed by atoms with E-state index >= 15 is 0 Å². The number of carbonyl (C=O) groups is 3. The van der Waals surface area contributed by atoms with Gasteiger partial charge < -0.3 is 15.4 Å². The molecule has 1 saturated heterocycles. The Labute approximate surface area is 195 Å². The minimum absolute atomic E-state index is 0.303. The lowest BCUT2D eigenvalue weighted by atomic mass is 9.84. The molecule has 2 N–H and O–H groups in total. The highest BCUT2D eigenvalue weighted by Crippen LogP contribution is 2.41. The summed E-state index contributed by atoms with van der Waals surface area (Å²) in [5.74, 6) is -0.267. The van der Waals surface area contributed by atoms with Crippen molar-refractivity contribution in [2.24, 2.45) is 0 Å². The number of carbonyl (C=O) groups excluding carboxylic acids is 3. The molecule has 0 saturated carbocycles. The van der Waals surface area contributed by atoms with E-state index in [0.29, 0.717) is 24.3 Å². The Morgan fingerprint density at radius 1 is 1.15 bits per heavy atom. The zero-order valence-corrected chi connectivity index (χ0v) is 18.9. The average Bonchev–Trinajstić information content (AvgIpc) is 3.43. The second kappa shape index (κ2) is 8.37. The lowest BCUT2D eigenvalue weighted by Gasteiger charge is -2.33. The van der Waals surface area contributed by atoms with E-state index < -0.39 is 23.4 Å². The Morgan fingerprint density at radius 2 is 1.94 bits per heavy atom. The smallest absolute Gasteiger partial charge is 0.325 e. The van der Waals surface area contributed by atoms with Crippen LogP contribution in [0.2, 0.25) is 0 Å². The third-order valence-corrected chi connectivity index (χ3v) is 7.04. The van der Waals surface area contributed by atoms with Crippen molar-refractivity contribution in [1.29, 1.82) is 0 Å². The molecule has 2 aliphatic heterocycles. The van der Waals surface area contributed by atoms with Gasteiger partial charge in [-0.05, 0) is 30.0 Å². The van der Waals surface area contributed by atoms with Gasteiger partial charge >= 0.3 is 6.03 Å². The summed E-state index contributed by atoms with van der Waals surface area (Å²) in [5, 5.41) is 7.79. The fourth-order valence-electron chi connectivity index (χ4n) is 4.40. The SMILES string of the molecule is Cc1ccc(C(NC(=O)CN2C(=O)NC3(CCOc4ccccc43)C2=O)c2cccs2)cc1. The highest BCUT2D eigenvalue weighted by atomic mass is 32.1. The van der Waals surface area contributed by atoms with Gasteiger partial charge in [-0.15, -0.1) is 11.3 Å². The molecular weight excluding hydrogens is 438 g/mol. The summed E-state index contributed by atoms with van der Waals surface area (Å²) in [4.78, 5) is 41.2. The minimum Gasteiger partial charge on any atom is -0.493 e. The molecule has 0 bridgehead atoms. The number of urea groups is 1. The van der Waals surface area contributed by atoms with Gasteiger partial charge in [-0.1, -0.05) is 54.1 Å². The predicted octanol–water partition coefficient (Wildman–Crippen LogP) is 3.49. The Balaban J connectivity index is 1.37. The van der Waals surface area contributed by atoms with Gasteiger partial charge in [0, 0.05) is 16.9 Å². The zero-order chi connectivity index (χ0) is 23.0. The summed E-state index contributed by atoms with van der Waals surface area (Å²) in [6.45, 7) is 1.95. The minimum atomic E-state index is -1.20. The van der Waals surface area contributed by atoms with Crippen LogP contribution in [0.5, 0.6) is 5.75 Å². The molecule has 1 aromatic heterocycles. The molecule has 4 amide bonds. The van der Waals surface area contributed by atoms with Crippen molar-refractivity contribution < 1.29 is 19.1 Å². The van der Waals surface area contributed by atoms with Gasteiger partial charge in [0.05, 0.1) is 12.6 Å². The van der Waals surface area contributed by atoms with Crippen molar-refractivity contribution in [1.82, 2.24) is 15.5 Å². The first-order valence-corrected chi connectivity index (χ1v) is 11.6. The number of nitrogens with one attached hydrogen (secondary N) is 2. The molecule has 2 aromatic carbocycles. The van der Waals surface area contributed by atoms with Crippen LogP contribution in [0.3, 0.4) is 0 Å². The first-order valence-electron chi connectivity index (χ1n) is 10.7. The fourth-order valence-corrected chi connectivity index (χ4v) is 5.20. The number of imide groups is 1. The van der Waals surface area contributed by atoms with E-state index in [9.17, 15) is 14.4 Å². The van der Waals surface area contributed by atoms with Crippen molar-refractivity contribution in [3.8, 4) is 5.75 Å². The monoisotopic (exact) mass is 461 g/mol. The van der Waals surface area contributed by atoms with Gasteiger partial charge in [-0.3, -0.25) is 14.5 Å². The Bertz CT molecular complexity index is 1210. The standard InChI is InChI=1S/C25H23N3O4S/c1-16-8-10-17(11-9-16)22(20-7-4-14-33-20)26-21(29)15-28-23(30)25(27-24(28)31)12-13-32-19-6-3-2-5-18(19)25/h2-11,14,22H,12-13,15H2,1H3,(H,26,29)(H,27,31). The summed E-state index contributed by atoms with van der Waals surface area (Å²) in [6.07, 6.45) is 0.313. The van der Waals surface area contributed by atoms with Gasteiger partial charge in [-0.2, -0.15) is 0 Å². The molecule has 2 unspecified atom stereocenters. The molecular formula is C25H23N3O4S. The Morgan fingerprint density at radius 3 is 2.70 bits per heavy atom. The predicted molar refractivity (Wildman–Crippen MR) is 124 cm³/mol. The molecule has 168 valence electrons. The lowest BCUT2D eigenvalue weighted by Crippen LogP contribution is -2.48. The highest BCUT2D eigenvalue weighted by molar-refractivity contribution is 7.10. The molecule has 33 heavy (non-hydrogen) atoms. The number of fused-ring (bicyclic) bond motifs is 2. The van der Waals surface area contributed by atoms with Crippen LogP contribution in [0.4, 0.5) is 4.79 Å². The van der Waals surface area contributed by atoms with Crippen molar-refractivity contribution in [2.75, 3.05) is 13.2 Å². The quantitative estimate of drug-likeness (QED) is 0.570. The van der Waals surface area contributed by atoms with Crippen molar-refractivity contribution in [3.05, 3.63) is 87.6 Å². The highest BCUT2D eigenvalue weighted by Gasteiger charge is 2.55. The molecule has 2 aliphatic rings. The number of nitrogens with zero attached hydrogens (tertiary/aromatic N) is 1. The van der Waals surface area contributed by atoms with Crippen molar-refractivity contribution >= 4 is 29.2 Å². The second-order valence-electron chi connectivity index (χ2n) is 8.25. The molecule has 1 spiro atoms. The van der Waals surface area contributed by atoms with Crippen LogP contribution >= 0.6 is 11.3 Å². The molecule has 2 atom stereocenters. The van der Waals surface area contributed by atoms with E-state index in [1.165, 1.54) is 11.3 Å². The van der Waals surface area contributed by atoms with Crippen LogP contribution in [0, 0.1) is 6.92 Å². The molecule has 8 heteroatoms. The van der Waals surface area contributed by atoms with E-state index in [0.717, 1.165) is 20.9 Å². The Kier molecular flexibility index (Phi) is 5.38. The van der Waals surface area contributed by atoms with E-state index in [2.05, 4.69) is 10.6 Å². The van der Waals surface area contributed by atoms with E-state index in [1.54, 1.807) is 18.2 Å². The summed E-state index contributed by atoms with van der Waals surface area (Å²) >= 11 is 1.54. The first-order chi connectivity index (χ1) is 16.0. The molecule has 7 nitrogen and oxygen atoms in total. The van der Waals surface area contributed by atoms with E-state index in [4.69, 9.17) is 4.74 Å². The maximum atomic E-state index is 13.4. The number of ether oxygens (including phenoxy) is 1. The summed E-state index contributed by atoms with van der Waals surface area (Å²) in [7, 11) is 0. The summed E-state index contributed by atoms with van der Waals surface area (Å²) in [5.41, 5.74) is 1.48. The summed E-state index contributed by atoms with van der Waals surface area (Å²) in [6, 6.07) is 18.1. The number of amides is 4. The Hall–Kier alpha value is -3.65. The number of thiophene rings is 1. The zero-order valence-electron chi connectivity index (χ0n) is 18.0. The molecule has 3 heterocycles. The van der Waals surface area contributed by atoms with Crippen LogP contribution < -0.4 is 15.4 Å². The average molecular weight is 462 g/mol.